The number of hydrogen-bond donors (Lipinski definition) is 1. The lowest BCUT2D eigenvalue weighted by molar-refractivity contribution is 0.0761. The van der Waals surface area contributed by atoms with Gasteiger partial charge < -0.3 is 4.90 Å². The molecule has 3 rings (SSSR count). The number of benzene rings is 2. The van der Waals surface area contributed by atoms with Crippen molar-refractivity contribution in [1.29, 1.82) is 5.26 Å². The van der Waals surface area contributed by atoms with Gasteiger partial charge in [0.25, 0.3) is 5.91 Å². The number of carbonyl (C=O) groups is 1. The maximum Gasteiger partial charge on any atom is 0.253 e. The third-order valence-electron chi connectivity index (χ3n) is 5.22. The molecule has 0 unspecified atom stereocenters. The van der Waals surface area contributed by atoms with Gasteiger partial charge in [-0.1, -0.05) is 12.1 Å². The summed E-state index contributed by atoms with van der Waals surface area (Å²) in [4.78, 5) is 17.3. The van der Waals surface area contributed by atoms with E-state index in [-0.39, 0.29) is 10.8 Å². The van der Waals surface area contributed by atoms with Crippen LogP contribution in [0.5, 0.6) is 0 Å². The second kappa shape index (κ2) is 9.82. The van der Waals surface area contributed by atoms with Crippen molar-refractivity contribution in [1.82, 2.24) is 14.5 Å². The Balaban J connectivity index is 1.61. The van der Waals surface area contributed by atoms with Crippen molar-refractivity contribution in [2.45, 2.75) is 44.2 Å². The fraction of sp³-hybridized carbons (Fsp3) is 0.417. The van der Waals surface area contributed by atoms with Gasteiger partial charge in [-0.25, -0.2) is 13.1 Å². The maximum atomic E-state index is 13.0. The molecule has 7 nitrogen and oxygen atoms in total. The number of sulfonamides is 1. The highest BCUT2D eigenvalue weighted by Gasteiger charge is 2.24. The summed E-state index contributed by atoms with van der Waals surface area (Å²) in [5.41, 5.74) is 1.70. The van der Waals surface area contributed by atoms with Crippen LogP contribution in [0.25, 0.3) is 0 Å². The molecule has 0 saturated carbocycles. The van der Waals surface area contributed by atoms with E-state index in [1.165, 1.54) is 12.1 Å². The zero-order chi connectivity index (χ0) is 23.4. The highest BCUT2D eigenvalue weighted by molar-refractivity contribution is 7.89. The molecule has 1 amide bonds. The second-order valence-corrected chi connectivity index (χ2v) is 10.8. The molecule has 1 aliphatic rings. The number of nitrogens with one attached hydrogen (secondary N) is 1. The summed E-state index contributed by atoms with van der Waals surface area (Å²) < 4.78 is 27.6. The Morgan fingerprint density at radius 3 is 2.25 bits per heavy atom. The smallest absolute Gasteiger partial charge is 0.253 e. The third-order valence-corrected chi connectivity index (χ3v) is 6.99. The first kappa shape index (κ1) is 23.9. The topological polar surface area (TPSA) is 93.5 Å². The third kappa shape index (κ3) is 6.39. The van der Waals surface area contributed by atoms with E-state index in [2.05, 4.69) is 15.7 Å². The zero-order valence-corrected chi connectivity index (χ0v) is 19.7. The van der Waals surface area contributed by atoms with Gasteiger partial charge in [0.05, 0.1) is 16.5 Å². The molecule has 1 saturated heterocycles. The highest BCUT2D eigenvalue weighted by atomic mass is 32.2. The number of amides is 1. The van der Waals surface area contributed by atoms with Crippen molar-refractivity contribution in [3.05, 3.63) is 65.2 Å². The first-order chi connectivity index (χ1) is 15.1. The zero-order valence-electron chi connectivity index (χ0n) is 18.8. The van der Waals surface area contributed by atoms with E-state index < -0.39 is 15.6 Å². The van der Waals surface area contributed by atoms with Crippen LogP contribution in [-0.4, -0.2) is 55.8 Å². The predicted molar refractivity (Wildman–Crippen MR) is 123 cm³/mol. The average Bonchev–Trinajstić information content (AvgIpc) is 2.98. The minimum absolute atomic E-state index is 0.0852. The maximum absolute atomic E-state index is 13.0. The van der Waals surface area contributed by atoms with E-state index in [4.69, 9.17) is 5.26 Å². The molecule has 1 fully saturated rings. The lowest BCUT2D eigenvalue weighted by Crippen LogP contribution is -2.40. The van der Waals surface area contributed by atoms with Gasteiger partial charge in [-0.15, -0.1) is 0 Å². The average molecular weight is 455 g/mol. The van der Waals surface area contributed by atoms with Gasteiger partial charge in [0.1, 0.15) is 0 Å². The number of carbonyl (C=O) groups excluding carboxylic acids is 1. The van der Waals surface area contributed by atoms with Crippen LogP contribution in [-0.2, 0) is 16.6 Å². The van der Waals surface area contributed by atoms with E-state index in [1.807, 2.05) is 29.2 Å². The molecular formula is C24H30N4O3S. The summed E-state index contributed by atoms with van der Waals surface area (Å²) in [6, 6.07) is 15.8. The molecule has 0 aromatic heterocycles. The monoisotopic (exact) mass is 454 g/mol. The Labute approximate surface area is 190 Å². The first-order valence-corrected chi connectivity index (χ1v) is 12.2. The summed E-state index contributed by atoms with van der Waals surface area (Å²) in [5.74, 6) is -0.0852. The molecule has 0 bridgehead atoms. The molecule has 1 heterocycles. The largest absolute Gasteiger partial charge is 0.337 e. The molecule has 8 heteroatoms. The minimum Gasteiger partial charge on any atom is -0.337 e. The van der Waals surface area contributed by atoms with Crippen molar-refractivity contribution in [2.24, 2.45) is 0 Å². The van der Waals surface area contributed by atoms with E-state index in [0.717, 1.165) is 31.6 Å². The Morgan fingerprint density at radius 1 is 1.00 bits per heavy atom. The van der Waals surface area contributed by atoms with E-state index in [9.17, 15) is 13.2 Å². The predicted octanol–water partition coefficient (Wildman–Crippen LogP) is 2.98. The molecule has 170 valence electrons. The van der Waals surface area contributed by atoms with Crippen molar-refractivity contribution in [3.8, 4) is 6.07 Å². The van der Waals surface area contributed by atoms with E-state index in [1.54, 1.807) is 32.9 Å². The van der Waals surface area contributed by atoms with Gasteiger partial charge in [-0.05, 0) is 69.2 Å². The highest BCUT2D eigenvalue weighted by Crippen LogP contribution is 2.17. The molecule has 1 N–H and O–H groups in total. The molecule has 0 atom stereocenters. The number of rotatable bonds is 5. The molecule has 2 aromatic rings. The van der Waals surface area contributed by atoms with Gasteiger partial charge >= 0.3 is 0 Å². The Bertz CT molecular complexity index is 1080. The van der Waals surface area contributed by atoms with Gasteiger partial charge in [0, 0.05) is 43.8 Å². The summed E-state index contributed by atoms with van der Waals surface area (Å²) >= 11 is 0. The molecule has 2 aromatic carbocycles. The van der Waals surface area contributed by atoms with Crippen LogP contribution in [0.15, 0.2) is 53.4 Å². The van der Waals surface area contributed by atoms with Crippen LogP contribution >= 0.6 is 0 Å². The Kier molecular flexibility index (Phi) is 7.34. The van der Waals surface area contributed by atoms with Gasteiger partial charge in [-0.2, -0.15) is 5.26 Å². The van der Waals surface area contributed by atoms with Gasteiger partial charge in [0.15, 0.2) is 0 Å². The summed E-state index contributed by atoms with van der Waals surface area (Å²) in [6.45, 7) is 9.05. The molecule has 1 aliphatic heterocycles. The van der Waals surface area contributed by atoms with Crippen molar-refractivity contribution in [3.63, 3.8) is 0 Å². The van der Waals surface area contributed by atoms with Gasteiger partial charge in [-0.3, -0.25) is 9.69 Å². The molecule has 0 radical (unpaired) electrons. The summed E-state index contributed by atoms with van der Waals surface area (Å²) in [5, 5.41) is 8.93. The van der Waals surface area contributed by atoms with Crippen molar-refractivity contribution in [2.75, 3.05) is 26.2 Å². The van der Waals surface area contributed by atoms with Crippen molar-refractivity contribution >= 4 is 15.9 Å². The minimum atomic E-state index is -3.63. The number of nitrogens with zero attached hydrogens (tertiary/aromatic N) is 3. The van der Waals surface area contributed by atoms with Crippen LogP contribution < -0.4 is 4.72 Å². The van der Waals surface area contributed by atoms with E-state index >= 15 is 0 Å². The van der Waals surface area contributed by atoms with Crippen LogP contribution in [0, 0.1) is 11.3 Å². The molecular weight excluding hydrogens is 424 g/mol. The molecule has 0 aliphatic carbocycles. The second-order valence-electron chi connectivity index (χ2n) is 9.11. The number of nitriles is 1. The van der Waals surface area contributed by atoms with Crippen molar-refractivity contribution < 1.29 is 13.2 Å². The van der Waals surface area contributed by atoms with Crippen LogP contribution in [0.1, 0.15) is 48.7 Å². The number of hydrogen-bond acceptors (Lipinski definition) is 5. The summed E-state index contributed by atoms with van der Waals surface area (Å²) in [6.07, 6.45) is 0.865. The van der Waals surface area contributed by atoms with E-state index in [0.29, 0.717) is 24.2 Å². The Morgan fingerprint density at radius 2 is 1.66 bits per heavy atom. The standard InChI is InChI=1S/C24H30N4O3S/c1-24(2,3)26-32(30,31)22-11-9-21(10-12-22)23(29)28-14-4-13-27(15-16-28)18-20-7-5-19(17-25)6-8-20/h5-12,26H,4,13-16,18H2,1-3H3. The Hall–Kier alpha value is -2.73. The van der Waals surface area contributed by atoms with Gasteiger partial charge in [0.2, 0.25) is 10.0 Å². The SMILES string of the molecule is CC(C)(C)NS(=O)(=O)c1ccc(C(=O)N2CCCN(Cc3ccc(C#N)cc3)CC2)cc1. The lowest BCUT2D eigenvalue weighted by Gasteiger charge is -2.22. The van der Waals surface area contributed by atoms with Crippen LogP contribution in [0.4, 0.5) is 0 Å². The fourth-order valence-corrected chi connectivity index (χ4v) is 5.11. The van der Waals surface area contributed by atoms with Crippen LogP contribution in [0.2, 0.25) is 0 Å². The lowest BCUT2D eigenvalue weighted by atomic mass is 10.1. The quantitative estimate of drug-likeness (QED) is 0.750. The molecule has 0 spiro atoms. The first-order valence-electron chi connectivity index (χ1n) is 10.7. The fourth-order valence-electron chi connectivity index (χ4n) is 3.70. The normalized spacial score (nSPS) is 15.8. The van der Waals surface area contributed by atoms with Crippen LogP contribution in [0.3, 0.4) is 0 Å². The molecule has 32 heavy (non-hydrogen) atoms. The summed E-state index contributed by atoms with van der Waals surface area (Å²) in [7, 11) is -3.63.